The number of rotatable bonds is 0. The molecule has 1 N–H and O–H groups in total. The summed E-state index contributed by atoms with van der Waals surface area (Å²) >= 11 is 0. The SMILES string of the molecule is CC(C)(C)C(=O)N1CC2(CCNCC2)c2ccccc21. The van der Waals surface area contributed by atoms with Gasteiger partial charge in [-0.1, -0.05) is 39.0 Å². The number of para-hydroxylation sites is 1. The van der Waals surface area contributed by atoms with E-state index in [4.69, 9.17) is 0 Å². The van der Waals surface area contributed by atoms with E-state index in [1.807, 2.05) is 31.7 Å². The molecule has 20 heavy (non-hydrogen) atoms. The lowest BCUT2D eigenvalue weighted by molar-refractivity contribution is -0.125. The monoisotopic (exact) mass is 272 g/mol. The van der Waals surface area contributed by atoms with Gasteiger partial charge >= 0.3 is 0 Å². The van der Waals surface area contributed by atoms with Crippen LogP contribution in [-0.2, 0) is 10.2 Å². The third kappa shape index (κ3) is 2.05. The van der Waals surface area contributed by atoms with Gasteiger partial charge in [-0.2, -0.15) is 0 Å². The average molecular weight is 272 g/mol. The Morgan fingerprint density at radius 3 is 2.50 bits per heavy atom. The summed E-state index contributed by atoms with van der Waals surface area (Å²) in [5.41, 5.74) is 2.35. The van der Waals surface area contributed by atoms with Crippen molar-refractivity contribution < 1.29 is 4.79 Å². The summed E-state index contributed by atoms with van der Waals surface area (Å²) in [5.74, 6) is 0.236. The van der Waals surface area contributed by atoms with E-state index in [0.717, 1.165) is 38.2 Å². The van der Waals surface area contributed by atoms with E-state index in [9.17, 15) is 4.79 Å². The predicted molar refractivity (Wildman–Crippen MR) is 82.0 cm³/mol. The molecule has 1 aromatic carbocycles. The van der Waals surface area contributed by atoms with Crippen LogP contribution in [0.4, 0.5) is 5.69 Å². The molecule has 0 atom stereocenters. The fraction of sp³-hybridized carbons (Fsp3) is 0.588. The molecule has 0 radical (unpaired) electrons. The molecule has 1 amide bonds. The molecular formula is C17H24N2O. The molecule has 0 unspecified atom stereocenters. The molecular weight excluding hydrogens is 248 g/mol. The minimum absolute atomic E-state index is 0.169. The molecule has 0 saturated carbocycles. The molecule has 108 valence electrons. The van der Waals surface area contributed by atoms with E-state index >= 15 is 0 Å². The van der Waals surface area contributed by atoms with Crippen LogP contribution < -0.4 is 10.2 Å². The van der Waals surface area contributed by atoms with Crippen molar-refractivity contribution >= 4 is 11.6 Å². The first kappa shape index (κ1) is 13.6. The summed E-state index contributed by atoms with van der Waals surface area (Å²) in [7, 11) is 0. The number of nitrogens with one attached hydrogen (secondary N) is 1. The highest BCUT2D eigenvalue weighted by Gasteiger charge is 2.46. The molecule has 2 heterocycles. The van der Waals surface area contributed by atoms with Gasteiger partial charge in [-0.25, -0.2) is 0 Å². The minimum atomic E-state index is -0.328. The molecule has 1 fully saturated rings. The second-order valence-corrected chi connectivity index (χ2v) is 7.19. The number of anilines is 1. The van der Waals surface area contributed by atoms with E-state index in [-0.39, 0.29) is 16.7 Å². The van der Waals surface area contributed by atoms with Crippen LogP contribution in [0.2, 0.25) is 0 Å². The number of benzene rings is 1. The van der Waals surface area contributed by atoms with Gasteiger partial charge in [0.2, 0.25) is 5.91 Å². The molecule has 0 aliphatic carbocycles. The number of piperidine rings is 1. The summed E-state index contributed by atoms with van der Waals surface area (Å²) in [6.45, 7) is 8.96. The topological polar surface area (TPSA) is 32.3 Å². The van der Waals surface area contributed by atoms with Gasteiger partial charge in [0.1, 0.15) is 0 Å². The van der Waals surface area contributed by atoms with E-state index in [1.165, 1.54) is 5.56 Å². The van der Waals surface area contributed by atoms with Crippen molar-refractivity contribution in [3.05, 3.63) is 29.8 Å². The summed E-state index contributed by atoms with van der Waals surface area (Å²) in [6.07, 6.45) is 2.25. The maximum absolute atomic E-state index is 12.8. The fourth-order valence-electron chi connectivity index (χ4n) is 3.55. The zero-order valence-corrected chi connectivity index (χ0v) is 12.7. The highest BCUT2D eigenvalue weighted by atomic mass is 16.2. The van der Waals surface area contributed by atoms with Gasteiger partial charge in [-0.3, -0.25) is 4.79 Å². The van der Waals surface area contributed by atoms with Gasteiger partial charge in [0, 0.05) is 23.1 Å². The number of carbonyl (C=O) groups excluding carboxylic acids is 1. The highest BCUT2D eigenvalue weighted by molar-refractivity contribution is 5.99. The average Bonchev–Trinajstić information content (AvgIpc) is 2.73. The van der Waals surface area contributed by atoms with Gasteiger partial charge in [0.15, 0.2) is 0 Å². The predicted octanol–water partition coefficient (Wildman–Crippen LogP) is 2.70. The Morgan fingerprint density at radius 2 is 1.85 bits per heavy atom. The summed E-state index contributed by atoms with van der Waals surface area (Å²) in [5, 5.41) is 3.44. The molecule has 1 spiro atoms. The second kappa shape index (κ2) is 4.59. The van der Waals surface area contributed by atoms with Crippen molar-refractivity contribution in [2.45, 2.75) is 39.0 Å². The van der Waals surface area contributed by atoms with Crippen LogP contribution >= 0.6 is 0 Å². The standard InChI is InChI=1S/C17H24N2O/c1-16(2,3)15(20)19-12-17(8-10-18-11-9-17)13-6-4-5-7-14(13)19/h4-7,18H,8-12H2,1-3H3. The van der Waals surface area contributed by atoms with Crippen molar-refractivity contribution in [3.63, 3.8) is 0 Å². The number of carbonyl (C=O) groups is 1. The summed E-state index contributed by atoms with van der Waals surface area (Å²) < 4.78 is 0. The highest BCUT2D eigenvalue weighted by Crippen LogP contribution is 2.46. The fourth-order valence-corrected chi connectivity index (χ4v) is 3.55. The minimum Gasteiger partial charge on any atom is -0.317 e. The Hall–Kier alpha value is -1.35. The smallest absolute Gasteiger partial charge is 0.232 e. The van der Waals surface area contributed by atoms with Crippen LogP contribution in [0.3, 0.4) is 0 Å². The third-order valence-corrected chi connectivity index (χ3v) is 4.67. The van der Waals surface area contributed by atoms with Gasteiger partial charge in [-0.05, 0) is 37.6 Å². The Balaban J connectivity index is 2.02. The van der Waals surface area contributed by atoms with Gasteiger partial charge in [-0.15, -0.1) is 0 Å². The summed E-state index contributed by atoms with van der Waals surface area (Å²) in [6, 6.07) is 8.47. The molecule has 0 bridgehead atoms. The lowest BCUT2D eigenvalue weighted by Crippen LogP contribution is -2.46. The zero-order chi connectivity index (χ0) is 14.4. The van der Waals surface area contributed by atoms with E-state index in [1.54, 1.807) is 0 Å². The molecule has 1 saturated heterocycles. The normalized spacial score (nSPS) is 21.1. The lowest BCUT2D eigenvalue weighted by Gasteiger charge is -2.35. The maximum atomic E-state index is 12.8. The van der Waals surface area contributed by atoms with Crippen molar-refractivity contribution in [2.75, 3.05) is 24.5 Å². The van der Waals surface area contributed by atoms with E-state index in [2.05, 4.69) is 23.5 Å². The van der Waals surface area contributed by atoms with E-state index < -0.39 is 0 Å². The number of hydrogen-bond acceptors (Lipinski definition) is 2. The number of fused-ring (bicyclic) bond motifs is 2. The van der Waals surface area contributed by atoms with Crippen LogP contribution in [0.25, 0.3) is 0 Å². The Kier molecular flexibility index (Phi) is 3.13. The van der Waals surface area contributed by atoms with Crippen molar-refractivity contribution in [2.24, 2.45) is 5.41 Å². The lowest BCUT2D eigenvalue weighted by atomic mass is 9.75. The number of amides is 1. The van der Waals surface area contributed by atoms with Gasteiger partial charge in [0.25, 0.3) is 0 Å². The van der Waals surface area contributed by atoms with Crippen LogP contribution in [0, 0.1) is 5.41 Å². The molecule has 3 nitrogen and oxygen atoms in total. The van der Waals surface area contributed by atoms with Crippen molar-refractivity contribution in [1.82, 2.24) is 5.32 Å². The Morgan fingerprint density at radius 1 is 1.20 bits per heavy atom. The molecule has 3 rings (SSSR count). The number of hydrogen-bond donors (Lipinski definition) is 1. The third-order valence-electron chi connectivity index (χ3n) is 4.67. The quantitative estimate of drug-likeness (QED) is 0.787. The molecule has 2 aliphatic heterocycles. The Bertz CT molecular complexity index is 524. The van der Waals surface area contributed by atoms with Crippen molar-refractivity contribution in [1.29, 1.82) is 0 Å². The molecule has 3 heteroatoms. The van der Waals surface area contributed by atoms with Crippen LogP contribution in [0.15, 0.2) is 24.3 Å². The molecule has 2 aliphatic rings. The first-order chi connectivity index (χ1) is 9.44. The first-order valence-corrected chi connectivity index (χ1v) is 7.56. The van der Waals surface area contributed by atoms with Gasteiger partial charge in [0.05, 0.1) is 0 Å². The van der Waals surface area contributed by atoms with Crippen LogP contribution in [0.1, 0.15) is 39.2 Å². The molecule has 1 aromatic rings. The van der Waals surface area contributed by atoms with Crippen LogP contribution in [0.5, 0.6) is 0 Å². The maximum Gasteiger partial charge on any atom is 0.232 e. The Labute approximate surface area is 121 Å². The molecule has 0 aromatic heterocycles. The van der Waals surface area contributed by atoms with E-state index in [0.29, 0.717) is 0 Å². The number of nitrogens with zero attached hydrogens (tertiary/aromatic N) is 1. The zero-order valence-electron chi connectivity index (χ0n) is 12.7. The van der Waals surface area contributed by atoms with Crippen molar-refractivity contribution in [3.8, 4) is 0 Å². The van der Waals surface area contributed by atoms with Crippen LogP contribution in [-0.4, -0.2) is 25.5 Å². The largest absolute Gasteiger partial charge is 0.317 e. The second-order valence-electron chi connectivity index (χ2n) is 7.19. The van der Waals surface area contributed by atoms with Gasteiger partial charge < -0.3 is 10.2 Å². The first-order valence-electron chi connectivity index (χ1n) is 7.56. The summed E-state index contributed by atoms with van der Waals surface area (Å²) in [4.78, 5) is 14.8.